The number of amides is 1. The Bertz CT molecular complexity index is 1130. The van der Waals surface area contributed by atoms with Gasteiger partial charge in [-0.2, -0.15) is 0 Å². The van der Waals surface area contributed by atoms with Crippen LogP contribution < -0.4 is 4.90 Å². The molecular formula is C26H31FN6OS. The summed E-state index contributed by atoms with van der Waals surface area (Å²) in [6.07, 6.45) is 2.04. The number of likely N-dealkylation sites (tertiary alicyclic amines) is 1. The number of thioether (sulfide) groups is 1. The molecule has 1 aromatic heterocycles. The highest BCUT2D eigenvalue weighted by Crippen LogP contribution is 2.32. The first-order valence-corrected chi connectivity index (χ1v) is 13.2. The van der Waals surface area contributed by atoms with E-state index in [1.54, 1.807) is 23.9 Å². The van der Waals surface area contributed by atoms with Gasteiger partial charge in [-0.3, -0.25) is 9.69 Å². The summed E-state index contributed by atoms with van der Waals surface area (Å²) in [7, 11) is 2.02. The average Bonchev–Trinajstić information content (AvgIpc) is 3.49. The summed E-state index contributed by atoms with van der Waals surface area (Å²) in [6, 6.07) is 17.0. The van der Waals surface area contributed by atoms with Crippen LogP contribution in [0, 0.1) is 5.82 Å². The first-order valence-electron chi connectivity index (χ1n) is 12.2. The van der Waals surface area contributed by atoms with Crippen LogP contribution in [0.15, 0.2) is 59.8 Å². The summed E-state index contributed by atoms with van der Waals surface area (Å²) in [6.45, 7) is 4.17. The van der Waals surface area contributed by atoms with Gasteiger partial charge in [0.2, 0.25) is 5.91 Å². The molecule has 2 aromatic carbocycles. The fourth-order valence-electron chi connectivity index (χ4n) is 4.91. The molecule has 9 heteroatoms. The number of hydrogen-bond acceptors (Lipinski definition) is 6. The maximum absolute atomic E-state index is 13.2. The summed E-state index contributed by atoms with van der Waals surface area (Å²) < 4.78 is 15.3. The van der Waals surface area contributed by atoms with E-state index in [0.29, 0.717) is 19.6 Å². The van der Waals surface area contributed by atoms with Crippen molar-refractivity contribution < 1.29 is 9.18 Å². The maximum atomic E-state index is 13.2. The van der Waals surface area contributed by atoms with E-state index in [1.165, 1.54) is 17.7 Å². The van der Waals surface area contributed by atoms with Gasteiger partial charge in [-0.05, 0) is 49.2 Å². The largest absolute Gasteiger partial charge is 0.368 e. The van der Waals surface area contributed by atoms with E-state index in [9.17, 15) is 9.18 Å². The van der Waals surface area contributed by atoms with E-state index in [0.717, 1.165) is 54.9 Å². The number of carbonyl (C=O) groups is 1. The van der Waals surface area contributed by atoms with Crippen LogP contribution in [-0.2, 0) is 17.6 Å². The molecule has 0 aliphatic carbocycles. The summed E-state index contributed by atoms with van der Waals surface area (Å²) in [5.41, 5.74) is 2.26. The van der Waals surface area contributed by atoms with Crippen LogP contribution in [0.25, 0.3) is 0 Å². The van der Waals surface area contributed by atoms with Crippen LogP contribution >= 0.6 is 11.8 Å². The second-order valence-electron chi connectivity index (χ2n) is 9.15. The average molecular weight is 495 g/mol. The molecule has 184 valence electrons. The van der Waals surface area contributed by atoms with Gasteiger partial charge < -0.3 is 14.4 Å². The Labute approximate surface area is 209 Å². The maximum Gasteiger partial charge on any atom is 0.236 e. The van der Waals surface area contributed by atoms with Gasteiger partial charge in [0, 0.05) is 44.7 Å². The third-order valence-corrected chi connectivity index (χ3v) is 7.99. The molecule has 0 radical (unpaired) electrons. The van der Waals surface area contributed by atoms with Crippen LogP contribution in [0.5, 0.6) is 0 Å². The molecule has 0 bridgehead atoms. The molecule has 7 nitrogen and oxygen atoms in total. The zero-order chi connectivity index (χ0) is 24.2. The Hall–Kier alpha value is -2.91. The summed E-state index contributed by atoms with van der Waals surface area (Å²) in [5.74, 6) is 1.72. The number of aromatic nitrogens is 3. The molecule has 0 N–H and O–H groups in total. The fourth-order valence-corrected chi connectivity index (χ4v) is 5.79. The third kappa shape index (κ3) is 5.51. The van der Waals surface area contributed by atoms with Crippen LogP contribution in [0.3, 0.4) is 0 Å². The molecule has 2 aliphatic heterocycles. The summed E-state index contributed by atoms with van der Waals surface area (Å²) in [4.78, 5) is 19.5. The van der Waals surface area contributed by atoms with Gasteiger partial charge in [-0.15, -0.1) is 10.2 Å². The van der Waals surface area contributed by atoms with Crippen LogP contribution in [0.2, 0.25) is 0 Å². The molecule has 5 rings (SSSR count). The predicted molar refractivity (Wildman–Crippen MR) is 136 cm³/mol. The molecule has 0 unspecified atom stereocenters. The van der Waals surface area contributed by atoms with Crippen LogP contribution in [-0.4, -0.2) is 69.7 Å². The molecule has 0 spiro atoms. The highest BCUT2D eigenvalue weighted by atomic mass is 32.2. The topological polar surface area (TPSA) is 57.5 Å². The number of carbonyl (C=O) groups excluding carboxylic acids is 1. The Morgan fingerprint density at radius 1 is 1.00 bits per heavy atom. The van der Waals surface area contributed by atoms with Crippen molar-refractivity contribution in [2.45, 2.75) is 29.8 Å². The Kier molecular flexibility index (Phi) is 7.34. The number of benzene rings is 2. The lowest BCUT2D eigenvalue weighted by Crippen LogP contribution is -2.51. The number of piperazine rings is 1. The minimum atomic E-state index is -0.229. The smallest absolute Gasteiger partial charge is 0.236 e. The van der Waals surface area contributed by atoms with Crippen molar-refractivity contribution in [1.82, 2.24) is 24.6 Å². The zero-order valence-corrected chi connectivity index (χ0v) is 20.8. The standard InChI is InChI=1S/C26H31FN6OS/c1-30-25(28-29-26(30)35-19-20-6-3-2-4-7-20)23-8-5-13-33(23)18-24(34)32-16-14-31(15-17-32)22-11-9-21(27)10-12-22/h2-4,6-7,9-12,23H,5,8,13-19H2,1H3/t23-/m0/s1. The quantitative estimate of drug-likeness (QED) is 0.467. The number of halogens is 1. The first kappa shape index (κ1) is 23.8. The van der Waals surface area contributed by atoms with Crippen molar-refractivity contribution in [3.8, 4) is 0 Å². The third-order valence-electron chi connectivity index (χ3n) is 6.90. The van der Waals surface area contributed by atoms with E-state index in [1.807, 2.05) is 30.1 Å². The minimum absolute atomic E-state index is 0.114. The summed E-state index contributed by atoms with van der Waals surface area (Å²) in [5, 5.41) is 9.87. The second kappa shape index (κ2) is 10.8. The van der Waals surface area contributed by atoms with Gasteiger partial charge in [0.15, 0.2) is 11.0 Å². The first-order chi connectivity index (χ1) is 17.1. The van der Waals surface area contributed by atoms with Crippen molar-refractivity contribution in [3.63, 3.8) is 0 Å². The van der Waals surface area contributed by atoms with E-state index in [-0.39, 0.29) is 17.8 Å². The molecule has 0 saturated carbocycles. The molecule has 2 saturated heterocycles. The predicted octanol–water partition coefficient (Wildman–Crippen LogP) is 3.73. The van der Waals surface area contributed by atoms with Gasteiger partial charge >= 0.3 is 0 Å². The summed E-state index contributed by atoms with van der Waals surface area (Å²) >= 11 is 1.69. The number of hydrogen-bond donors (Lipinski definition) is 0. The molecule has 2 aliphatic rings. The van der Waals surface area contributed by atoms with E-state index >= 15 is 0 Å². The normalized spacial score (nSPS) is 18.9. The van der Waals surface area contributed by atoms with Crippen molar-refractivity contribution in [3.05, 3.63) is 71.8 Å². The van der Waals surface area contributed by atoms with E-state index in [2.05, 4.69) is 36.7 Å². The highest BCUT2D eigenvalue weighted by molar-refractivity contribution is 7.98. The molecule has 3 aromatic rings. The highest BCUT2D eigenvalue weighted by Gasteiger charge is 2.33. The van der Waals surface area contributed by atoms with Crippen molar-refractivity contribution in [1.29, 1.82) is 0 Å². The lowest BCUT2D eigenvalue weighted by atomic mass is 10.2. The number of rotatable bonds is 7. The molecule has 2 fully saturated rings. The molecule has 35 heavy (non-hydrogen) atoms. The Balaban J connectivity index is 1.16. The van der Waals surface area contributed by atoms with Crippen LogP contribution in [0.4, 0.5) is 10.1 Å². The monoisotopic (exact) mass is 494 g/mol. The van der Waals surface area contributed by atoms with Crippen molar-refractivity contribution in [2.24, 2.45) is 7.05 Å². The van der Waals surface area contributed by atoms with Gasteiger partial charge in [0.05, 0.1) is 12.6 Å². The van der Waals surface area contributed by atoms with E-state index in [4.69, 9.17) is 0 Å². The fraction of sp³-hybridized carbons (Fsp3) is 0.423. The lowest BCUT2D eigenvalue weighted by molar-refractivity contribution is -0.133. The van der Waals surface area contributed by atoms with Crippen molar-refractivity contribution in [2.75, 3.05) is 44.2 Å². The number of nitrogens with zero attached hydrogens (tertiary/aromatic N) is 6. The van der Waals surface area contributed by atoms with Gasteiger partial charge in [0.25, 0.3) is 0 Å². The molecular weight excluding hydrogens is 463 g/mol. The minimum Gasteiger partial charge on any atom is -0.368 e. The lowest BCUT2D eigenvalue weighted by Gasteiger charge is -2.37. The Morgan fingerprint density at radius 2 is 1.74 bits per heavy atom. The SMILES string of the molecule is Cn1c(SCc2ccccc2)nnc1[C@@H]1CCCN1CC(=O)N1CCN(c2ccc(F)cc2)CC1. The molecule has 1 amide bonds. The van der Waals surface area contributed by atoms with Crippen molar-refractivity contribution >= 4 is 23.4 Å². The van der Waals surface area contributed by atoms with Gasteiger partial charge in [-0.1, -0.05) is 42.1 Å². The zero-order valence-electron chi connectivity index (χ0n) is 20.0. The van der Waals surface area contributed by atoms with Crippen LogP contribution in [0.1, 0.15) is 30.3 Å². The second-order valence-corrected chi connectivity index (χ2v) is 10.1. The van der Waals surface area contributed by atoms with Gasteiger partial charge in [-0.25, -0.2) is 4.39 Å². The van der Waals surface area contributed by atoms with E-state index < -0.39 is 0 Å². The Morgan fingerprint density at radius 3 is 2.49 bits per heavy atom. The molecule has 3 heterocycles. The molecule has 1 atom stereocenters. The van der Waals surface area contributed by atoms with Gasteiger partial charge in [0.1, 0.15) is 5.82 Å². The number of anilines is 1.